The molecule has 32 heavy (non-hydrogen) atoms. The van der Waals surface area contributed by atoms with Crippen LogP contribution in [0.15, 0.2) is 23.1 Å². The molecule has 4 saturated carbocycles. The zero-order chi connectivity index (χ0) is 23.6. The van der Waals surface area contributed by atoms with Gasteiger partial charge in [0, 0.05) is 18.9 Å². The Morgan fingerprint density at radius 2 is 1.75 bits per heavy atom. The van der Waals surface area contributed by atoms with Crippen molar-refractivity contribution < 1.29 is 18.0 Å². The van der Waals surface area contributed by atoms with Crippen molar-refractivity contribution in [2.75, 3.05) is 7.05 Å². The van der Waals surface area contributed by atoms with Crippen LogP contribution in [0.1, 0.15) is 52.4 Å². The van der Waals surface area contributed by atoms with Gasteiger partial charge in [-0.1, -0.05) is 29.3 Å². The van der Waals surface area contributed by atoms with E-state index < -0.39 is 21.0 Å². The summed E-state index contributed by atoms with van der Waals surface area (Å²) in [6.45, 7) is 3.26. The van der Waals surface area contributed by atoms with Gasteiger partial charge in [-0.2, -0.15) is 4.31 Å². The Balaban J connectivity index is 1.54. The van der Waals surface area contributed by atoms with E-state index >= 15 is 0 Å². The molecule has 2 N–H and O–H groups in total. The van der Waals surface area contributed by atoms with Crippen LogP contribution in [-0.4, -0.2) is 37.0 Å². The van der Waals surface area contributed by atoms with E-state index in [1.807, 2.05) is 0 Å². The van der Waals surface area contributed by atoms with Crippen LogP contribution in [0.25, 0.3) is 0 Å². The van der Waals surface area contributed by atoms with E-state index in [4.69, 9.17) is 28.9 Å². The van der Waals surface area contributed by atoms with Crippen LogP contribution in [-0.2, 0) is 19.6 Å². The largest absolute Gasteiger partial charge is 0.369 e. The number of amides is 1. The lowest BCUT2D eigenvalue weighted by Gasteiger charge is -2.59. The molecule has 0 heterocycles. The SMILES string of the molecule is CN(C(C)(C)C(=O)CC1C2CC3CC1CC(C(N)=O)(C3)C2)S(=O)(=O)c1cccc(Cl)c1Cl. The highest BCUT2D eigenvalue weighted by molar-refractivity contribution is 7.89. The number of carbonyl (C=O) groups excluding carboxylic acids is 2. The molecule has 1 aromatic carbocycles. The monoisotopic (exact) mass is 500 g/mol. The lowest BCUT2D eigenvalue weighted by atomic mass is 9.45. The standard InChI is InChI=1S/C23H30Cl2N2O4S/c1-22(2,27(3)32(30,31)18-6-4-5-17(24)20(18)25)19(28)9-16-14-7-13-8-15(16)12-23(10-13,11-14)21(26)29/h4-6,13-16H,7-12H2,1-3H3,(H2,26,29). The van der Waals surface area contributed by atoms with Crippen LogP contribution in [0, 0.1) is 29.1 Å². The second kappa shape index (κ2) is 7.97. The van der Waals surface area contributed by atoms with Crippen LogP contribution in [0.2, 0.25) is 10.0 Å². The number of primary amides is 1. The molecule has 2 atom stereocenters. The summed E-state index contributed by atoms with van der Waals surface area (Å²) in [5, 5.41) is 0.0873. The number of rotatable bonds is 7. The number of sulfonamides is 1. The van der Waals surface area contributed by atoms with Gasteiger partial charge in [-0.25, -0.2) is 8.42 Å². The molecule has 0 spiro atoms. The van der Waals surface area contributed by atoms with E-state index in [9.17, 15) is 18.0 Å². The normalized spacial score (nSPS) is 31.8. The number of hydrogen-bond donors (Lipinski definition) is 1. The van der Waals surface area contributed by atoms with E-state index in [2.05, 4.69) is 0 Å². The van der Waals surface area contributed by atoms with E-state index in [-0.39, 0.29) is 44.4 Å². The Hall–Kier alpha value is -1.15. The lowest BCUT2D eigenvalue weighted by molar-refractivity contribution is -0.152. The minimum absolute atomic E-state index is 0.0537. The van der Waals surface area contributed by atoms with Crippen molar-refractivity contribution in [2.45, 2.75) is 62.8 Å². The number of nitrogens with two attached hydrogens (primary N) is 1. The van der Waals surface area contributed by atoms with Gasteiger partial charge in [0.15, 0.2) is 5.78 Å². The smallest absolute Gasteiger partial charge is 0.245 e. The van der Waals surface area contributed by atoms with Gasteiger partial charge in [0.2, 0.25) is 15.9 Å². The Kier molecular flexibility index (Phi) is 5.97. The van der Waals surface area contributed by atoms with Gasteiger partial charge in [0.1, 0.15) is 4.90 Å². The van der Waals surface area contributed by atoms with Crippen molar-refractivity contribution in [1.82, 2.24) is 4.31 Å². The van der Waals surface area contributed by atoms with Crippen LogP contribution in [0.4, 0.5) is 0 Å². The number of halogens is 2. The highest BCUT2D eigenvalue weighted by Gasteiger charge is 2.58. The molecule has 0 aromatic heterocycles. The molecule has 0 saturated heterocycles. The van der Waals surface area contributed by atoms with Gasteiger partial charge in [-0.15, -0.1) is 0 Å². The second-order valence-electron chi connectivity index (χ2n) is 10.5. The van der Waals surface area contributed by atoms with E-state index in [0.29, 0.717) is 12.3 Å². The van der Waals surface area contributed by atoms with E-state index in [1.54, 1.807) is 13.8 Å². The van der Waals surface area contributed by atoms with Gasteiger partial charge in [-0.3, -0.25) is 9.59 Å². The quantitative estimate of drug-likeness (QED) is 0.603. The molecule has 176 valence electrons. The van der Waals surface area contributed by atoms with Crippen molar-refractivity contribution in [3.05, 3.63) is 28.2 Å². The molecule has 9 heteroatoms. The number of hydrogen-bond acceptors (Lipinski definition) is 4. The molecule has 2 unspecified atom stereocenters. The molecule has 4 aliphatic rings. The van der Waals surface area contributed by atoms with Gasteiger partial charge in [0.25, 0.3) is 0 Å². The predicted octanol–water partition coefficient (Wildman–Crippen LogP) is 4.28. The topological polar surface area (TPSA) is 97.5 Å². The minimum Gasteiger partial charge on any atom is -0.369 e. The minimum atomic E-state index is -4.04. The van der Waals surface area contributed by atoms with Crippen LogP contribution in [0.5, 0.6) is 0 Å². The van der Waals surface area contributed by atoms with Gasteiger partial charge < -0.3 is 5.73 Å². The number of benzene rings is 1. The van der Waals surface area contributed by atoms with Gasteiger partial charge >= 0.3 is 0 Å². The third-order valence-electron chi connectivity index (χ3n) is 8.44. The number of carbonyl (C=O) groups is 2. The molecule has 0 aliphatic heterocycles. The summed E-state index contributed by atoms with van der Waals surface area (Å²) in [6.07, 6.45) is 4.72. The third kappa shape index (κ3) is 3.69. The summed E-state index contributed by atoms with van der Waals surface area (Å²) < 4.78 is 27.7. The molecule has 4 fully saturated rings. The highest BCUT2D eigenvalue weighted by atomic mass is 35.5. The summed E-state index contributed by atoms with van der Waals surface area (Å²) in [4.78, 5) is 25.6. The maximum Gasteiger partial charge on any atom is 0.245 e. The summed E-state index contributed by atoms with van der Waals surface area (Å²) in [5.41, 5.74) is 4.10. The molecule has 6 nitrogen and oxygen atoms in total. The average Bonchev–Trinajstić information content (AvgIpc) is 2.71. The first-order valence-corrected chi connectivity index (χ1v) is 13.3. The number of likely N-dealkylation sites (N-methyl/N-ethyl adjacent to an activating group) is 1. The molecule has 4 aliphatic carbocycles. The summed E-state index contributed by atoms with van der Waals surface area (Å²) in [5.74, 6) is 0.915. The maximum absolute atomic E-state index is 13.5. The number of Topliss-reactive ketones (excluding diaryl/α,β-unsaturated/α-hetero) is 1. The first-order chi connectivity index (χ1) is 14.8. The second-order valence-corrected chi connectivity index (χ2v) is 13.2. The van der Waals surface area contributed by atoms with E-state index in [0.717, 1.165) is 36.4 Å². The zero-order valence-electron chi connectivity index (χ0n) is 18.6. The molecule has 1 amide bonds. The van der Waals surface area contributed by atoms with Crippen molar-refractivity contribution in [1.29, 1.82) is 0 Å². The van der Waals surface area contributed by atoms with Crippen LogP contribution < -0.4 is 5.73 Å². The number of nitrogens with zero attached hydrogens (tertiary/aromatic N) is 1. The van der Waals surface area contributed by atoms with Crippen molar-refractivity contribution in [2.24, 2.45) is 34.8 Å². The van der Waals surface area contributed by atoms with Crippen molar-refractivity contribution >= 4 is 44.9 Å². The fraction of sp³-hybridized carbons (Fsp3) is 0.652. The Bertz CT molecular complexity index is 1060. The maximum atomic E-state index is 13.5. The molecule has 5 rings (SSSR count). The summed E-state index contributed by atoms with van der Waals surface area (Å²) in [7, 11) is -2.64. The Labute approximate surface area is 199 Å². The fourth-order valence-corrected chi connectivity index (χ4v) is 8.77. The molecule has 4 bridgehead atoms. The summed E-state index contributed by atoms with van der Waals surface area (Å²) >= 11 is 12.2. The molecular formula is C23H30Cl2N2O4S. The molecular weight excluding hydrogens is 471 g/mol. The van der Waals surface area contributed by atoms with Crippen LogP contribution >= 0.6 is 23.2 Å². The average molecular weight is 501 g/mol. The first kappa shape index (κ1) is 24.0. The Morgan fingerprint density at radius 1 is 1.16 bits per heavy atom. The van der Waals surface area contributed by atoms with Crippen molar-refractivity contribution in [3.63, 3.8) is 0 Å². The van der Waals surface area contributed by atoms with Gasteiger partial charge in [-0.05, 0) is 81.8 Å². The van der Waals surface area contributed by atoms with Crippen LogP contribution in [0.3, 0.4) is 0 Å². The lowest BCUT2D eigenvalue weighted by Crippen LogP contribution is -2.57. The number of ketones is 1. The Morgan fingerprint density at radius 3 is 2.31 bits per heavy atom. The highest BCUT2D eigenvalue weighted by Crippen LogP contribution is 2.63. The predicted molar refractivity (Wildman–Crippen MR) is 124 cm³/mol. The first-order valence-electron chi connectivity index (χ1n) is 11.1. The molecule has 1 aromatic rings. The summed E-state index contributed by atoms with van der Waals surface area (Å²) in [6, 6.07) is 4.43. The van der Waals surface area contributed by atoms with Crippen molar-refractivity contribution in [3.8, 4) is 0 Å². The third-order valence-corrected chi connectivity index (χ3v) is 11.4. The zero-order valence-corrected chi connectivity index (χ0v) is 20.9. The van der Waals surface area contributed by atoms with E-state index in [1.165, 1.54) is 25.2 Å². The van der Waals surface area contributed by atoms with Gasteiger partial charge in [0.05, 0.1) is 15.6 Å². The molecule has 0 radical (unpaired) electrons. The fourth-order valence-electron chi connectivity index (χ4n) is 6.54.